The Hall–Kier alpha value is -4.34. The van der Waals surface area contributed by atoms with Gasteiger partial charge in [0.25, 0.3) is 5.56 Å². The zero-order valence-corrected chi connectivity index (χ0v) is 25.8. The van der Waals surface area contributed by atoms with Gasteiger partial charge in [0.15, 0.2) is 16.3 Å². The number of hydrogen-bond donors (Lipinski definition) is 0. The molecule has 2 heterocycles. The molecular formula is C33H31ClN2O6S. The maximum Gasteiger partial charge on any atom is 0.338 e. The number of allylic oxidation sites excluding steroid dienone is 1. The summed E-state index contributed by atoms with van der Waals surface area (Å²) in [5.74, 6) is 1.26. The number of nitrogens with zero attached hydrogens (tertiary/aromatic N) is 2. The third kappa shape index (κ3) is 6.38. The highest BCUT2D eigenvalue weighted by Gasteiger charge is 2.33. The van der Waals surface area contributed by atoms with Crippen LogP contribution < -0.4 is 29.1 Å². The van der Waals surface area contributed by atoms with Gasteiger partial charge in [0.05, 0.1) is 42.2 Å². The minimum absolute atomic E-state index is 0.204. The zero-order valence-electron chi connectivity index (χ0n) is 24.3. The quantitative estimate of drug-likeness (QED) is 0.220. The van der Waals surface area contributed by atoms with E-state index in [9.17, 15) is 9.59 Å². The van der Waals surface area contributed by atoms with Crippen molar-refractivity contribution in [3.8, 4) is 17.2 Å². The molecule has 222 valence electrons. The first-order valence-corrected chi connectivity index (χ1v) is 15.0. The Morgan fingerprint density at radius 1 is 1.02 bits per heavy atom. The van der Waals surface area contributed by atoms with Crippen molar-refractivity contribution in [2.75, 3.05) is 20.3 Å². The van der Waals surface area contributed by atoms with Gasteiger partial charge in [-0.1, -0.05) is 59.3 Å². The summed E-state index contributed by atoms with van der Waals surface area (Å²) in [5.41, 5.74) is 2.91. The number of ether oxygens (including phenoxy) is 4. The van der Waals surface area contributed by atoms with Crippen molar-refractivity contribution >= 4 is 35.0 Å². The molecule has 1 aliphatic rings. The van der Waals surface area contributed by atoms with Crippen LogP contribution in [-0.4, -0.2) is 30.9 Å². The predicted octanol–water partition coefficient (Wildman–Crippen LogP) is 5.44. The van der Waals surface area contributed by atoms with Crippen LogP contribution in [0.3, 0.4) is 0 Å². The number of halogens is 1. The number of hydrogen-bond acceptors (Lipinski definition) is 8. The molecule has 43 heavy (non-hydrogen) atoms. The zero-order chi connectivity index (χ0) is 30.5. The average molecular weight is 619 g/mol. The second-order valence-corrected chi connectivity index (χ2v) is 11.0. The predicted molar refractivity (Wildman–Crippen MR) is 167 cm³/mol. The van der Waals surface area contributed by atoms with Gasteiger partial charge in [-0.3, -0.25) is 9.36 Å². The summed E-state index contributed by atoms with van der Waals surface area (Å²) in [6, 6.07) is 19.6. The van der Waals surface area contributed by atoms with Crippen LogP contribution >= 0.6 is 22.9 Å². The van der Waals surface area contributed by atoms with Crippen molar-refractivity contribution in [2.45, 2.75) is 33.4 Å². The van der Waals surface area contributed by atoms with E-state index in [1.165, 1.54) is 11.3 Å². The molecule has 8 nitrogen and oxygen atoms in total. The highest BCUT2D eigenvalue weighted by Crippen LogP contribution is 2.32. The lowest BCUT2D eigenvalue weighted by atomic mass is 9.96. The number of rotatable bonds is 10. The van der Waals surface area contributed by atoms with Gasteiger partial charge >= 0.3 is 5.97 Å². The fourth-order valence-electron chi connectivity index (χ4n) is 4.84. The van der Waals surface area contributed by atoms with E-state index in [1.807, 2.05) is 61.5 Å². The standard InChI is InChI=1S/C33H31ClN2O6S/c1-5-40-24-14-12-22(13-15-24)30-29(32(38)41-6-2)20(3)35-33-36(30)31(37)28(43-33)18-21-11-16-26(27(17-21)39-4)42-19-23-9-7-8-10-25(23)34/h7-18,30H,5-6,19H2,1-4H3/t30-/m1/s1. The summed E-state index contributed by atoms with van der Waals surface area (Å²) in [6.07, 6.45) is 1.78. The number of esters is 1. The molecule has 0 spiro atoms. The summed E-state index contributed by atoms with van der Waals surface area (Å²) in [5, 5.41) is 0.623. The van der Waals surface area contributed by atoms with E-state index >= 15 is 0 Å². The number of methoxy groups -OCH3 is 1. The van der Waals surface area contributed by atoms with E-state index in [4.69, 9.17) is 30.5 Å². The van der Waals surface area contributed by atoms with E-state index in [1.54, 1.807) is 43.7 Å². The molecule has 0 amide bonds. The van der Waals surface area contributed by atoms with E-state index in [2.05, 4.69) is 4.99 Å². The molecule has 1 aromatic heterocycles. The van der Waals surface area contributed by atoms with E-state index in [0.717, 1.165) is 16.7 Å². The summed E-state index contributed by atoms with van der Waals surface area (Å²) in [6.45, 7) is 6.43. The van der Waals surface area contributed by atoms with Gasteiger partial charge in [0.1, 0.15) is 12.4 Å². The maximum atomic E-state index is 13.9. The van der Waals surface area contributed by atoms with Crippen LogP contribution in [-0.2, 0) is 16.1 Å². The Morgan fingerprint density at radius 3 is 2.49 bits per heavy atom. The fraction of sp³-hybridized carbons (Fsp3) is 0.242. The van der Waals surface area contributed by atoms with E-state index in [0.29, 0.717) is 49.5 Å². The third-order valence-corrected chi connectivity index (χ3v) is 8.20. The molecule has 0 bridgehead atoms. The Balaban J connectivity index is 1.54. The van der Waals surface area contributed by atoms with Gasteiger partial charge in [-0.05, 0) is 68.3 Å². The van der Waals surface area contributed by atoms with Crippen molar-refractivity contribution in [1.29, 1.82) is 0 Å². The molecule has 5 rings (SSSR count). The van der Waals surface area contributed by atoms with Gasteiger partial charge in [-0.25, -0.2) is 9.79 Å². The van der Waals surface area contributed by atoms with Crippen LogP contribution in [0.2, 0.25) is 5.02 Å². The van der Waals surface area contributed by atoms with Crippen molar-refractivity contribution in [3.63, 3.8) is 0 Å². The Morgan fingerprint density at radius 2 is 1.79 bits per heavy atom. The topological polar surface area (TPSA) is 88.4 Å². The SMILES string of the molecule is CCOC(=O)C1=C(C)N=c2sc(=Cc3ccc(OCc4ccccc4Cl)c(OC)c3)c(=O)n2[C@@H]1c1ccc(OCC)cc1. The summed E-state index contributed by atoms with van der Waals surface area (Å²) >= 11 is 7.52. The molecule has 1 atom stereocenters. The van der Waals surface area contributed by atoms with Gasteiger partial charge in [0, 0.05) is 10.6 Å². The van der Waals surface area contributed by atoms with Gasteiger partial charge in [-0.2, -0.15) is 0 Å². The molecule has 3 aromatic carbocycles. The van der Waals surface area contributed by atoms with Crippen LogP contribution in [0.25, 0.3) is 6.08 Å². The minimum atomic E-state index is -0.705. The highest BCUT2D eigenvalue weighted by atomic mass is 35.5. The molecule has 10 heteroatoms. The minimum Gasteiger partial charge on any atom is -0.494 e. The van der Waals surface area contributed by atoms with Crippen molar-refractivity contribution < 1.29 is 23.7 Å². The summed E-state index contributed by atoms with van der Waals surface area (Å²) in [7, 11) is 1.56. The van der Waals surface area contributed by atoms with Crippen molar-refractivity contribution in [2.24, 2.45) is 4.99 Å². The lowest BCUT2D eigenvalue weighted by molar-refractivity contribution is -0.139. The number of benzene rings is 3. The molecule has 0 saturated heterocycles. The van der Waals surface area contributed by atoms with E-state index in [-0.39, 0.29) is 18.8 Å². The normalized spacial score (nSPS) is 14.6. The molecule has 0 fully saturated rings. The van der Waals surface area contributed by atoms with Gasteiger partial charge < -0.3 is 18.9 Å². The number of thiazole rings is 1. The van der Waals surface area contributed by atoms with Crippen LogP contribution in [0, 0.1) is 0 Å². The smallest absolute Gasteiger partial charge is 0.338 e. The first-order chi connectivity index (χ1) is 20.8. The molecule has 0 radical (unpaired) electrons. The number of fused-ring (bicyclic) bond motifs is 1. The molecular weight excluding hydrogens is 588 g/mol. The van der Waals surface area contributed by atoms with Crippen LogP contribution in [0.4, 0.5) is 0 Å². The molecule has 0 unspecified atom stereocenters. The highest BCUT2D eigenvalue weighted by molar-refractivity contribution is 7.07. The Kier molecular flexibility index (Phi) is 9.33. The summed E-state index contributed by atoms with van der Waals surface area (Å²) < 4.78 is 24.6. The first-order valence-electron chi connectivity index (χ1n) is 13.8. The Labute approximate surface area is 258 Å². The third-order valence-electron chi connectivity index (χ3n) is 6.85. The number of aromatic nitrogens is 1. The second-order valence-electron chi connectivity index (χ2n) is 9.59. The molecule has 0 saturated carbocycles. The lowest BCUT2D eigenvalue weighted by Crippen LogP contribution is -2.39. The first kappa shape index (κ1) is 30.1. The number of carbonyl (C=O) groups is 1. The van der Waals surface area contributed by atoms with E-state index < -0.39 is 12.0 Å². The van der Waals surface area contributed by atoms with Crippen LogP contribution in [0.15, 0.2) is 87.8 Å². The van der Waals surface area contributed by atoms with Crippen molar-refractivity contribution in [3.05, 3.63) is 119 Å². The van der Waals surface area contributed by atoms with Crippen LogP contribution in [0.1, 0.15) is 43.5 Å². The maximum absolute atomic E-state index is 13.9. The Bertz CT molecular complexity index is 1860. The monoisotopic (exact) mass is 618 g/mol. The van der Waals surface area contributed by atoms with Crippen LogP contribution in [0.5, 0.6) is 17.2 Å². The molecule has 0 N–H and O–H groups in total. The molecule has 4 aromatic rings. The summed E-state index contributed by atoms with van der Waals surface area (Å²) in [4.78, 5) is 32.2. The van der Waals surface area contributed by atoms with Gasteiger partial charge in [0.2, 0.25) is 0 Å². The molecule has 0 aliphatic carbocycles. The lowest BCUT2D eigenvalue weighted by Gasteiger charge is -2.24. The largest absolute Gasteiger partial charge is 0.494 e. The number of carbonyl (C=O) groups excluding carboxylic acids is 1. The fourth-order valence-corrected chi connectivity index (χ4v) is 6.07. The average Bonchev–Trinajstić information content (AvgIpc) is 3.30. The second kappa shape index (κ2) is 13.3. The van der Waals surface area contributed by atoms with Gasteiger partial charge in [-0.15, -0.1) is 0 Å². The van der Waals surface area contributed by atoms with Crippen molar-refractivity contribution in [1.82, 2.24) is 4.57 Å². The molecule has 1 aliphatic heterocycles.